The second-order valence-electron chi connectivity index (χ2n) is 3.72. The van der Waals surface area contributed by atoms with Gasteiger partial charge in [0, 0.05) is 6.61 Å². The van der Waals surface area contributed by atoms with E-state index in [-0.39, 0.29) is 5.56 Å². The van der Waals surface area contributed by atoms with Gasteiger partial charge in [-0.2, -0.15) is 0 Å². The molecule has 1 aromatic rings. The minimum Gasteiger partial charge on any atom is -0.370 e. The first kappa shape index (κ1) is 13.8. The van der Waals surface area contributed by atoms with Crippen LogP contribution in [0.2, 0.25) is 0 Å². The minimum absolute atomic E-state index is 0.239. The van der Waals surface area contributed by atoms with E-state index in [1.54, 1.807) is 6.92 Å². The van der Waals surface area contributed by atoms with Crippen molar-refractivity contribution in [2.45, 2.75) is 32.8 Å². The molecule has 0 fully saturated rings. The van der Waals surface area contributed by atoms with E-state index < -0.39 is 23.5 Å². The second kappa shape index (κ2) is 6.45. The van der Waals surface area contributed by atoms with Gasteiger partial charge in [0.1, 0.15) is 17.7 Å². The molecule has 4 heteroatoms. The van der Waals surface area contributed by atoms with Gasteiger partial charge in [0.15, 0.2) is 5.78 Å². The molecule has 0 radical (unpaired) electrons. The van der Waals surface area contributed by atoms with E-state index in [1.807, 2.05) is 6.92 Å². The summed E-state index contributed by atoms with van der Waals surface area (Å²) in [5.41, 5.74) is -0.239. The van der Waals surface area contributed by atoms with Crippen molar-refractivity contribution in [2.75, 3.05) is 6.61 Å². The molecule has 0 heterocycles. The summed E-state index contributed by atoms with van der Waals surface area (Å²) >= 11 is 0. The summed E-state index contributed by atoms with van der Waals surface area (Å²) in [5, 5.41) is 0. The quantitative estimate of drug-likeness (QED) is 0.715. The van der Waals surface area contributed by atoms with E-state index in [0.717, 1.165) is 24.6 Å². The molecule has 1 aromatic carbocycles. The largest absolute Gasteiger partial charge is 0.370 e. The van der Waals surface area contributed by atoms with Gasteiger partial charge in [-0.1, -0.05) is 13.3 Å². The van der Waals surface area contributed by atoms with Gasteiger partial charge >= 0.3 is 0 Å². The highest BCUT2D eigenvalue weighted by Crippen LogP contribution is 2.16. The lowest BCUT2D eigenvalue weighted by atomic mass is 10.0. The summed E-state index contributed by atoms with van der Waals surface area (Å²) in [7, 11) is 0. The number of benzene rings is 1. The summed E-state index contributed by atoms with van der Waals surface area (Å²) in [6.07, 6.45) is 0.553. The van der Waals surface area contributed by atoms with Crippen molar-refractivity contribution in [3.8, 4) is 0 Å². The standard InChI is InChI=1S/C13H16F2O2/c1-3-5-12(17-4-2)13(16)10-8-9(14)6-7-11(10)15/h6-8,12H,3-5H2,1-2H3. The fourth-order valence-corrected chi connectivity index (χ4v) is 1.61. The van der Waals surface area contributed by atoms with E-state index in [9.17, 15) is 13.6 Å². The Morgan fingerprint density at radius 2 is 2.06 bits per heavy atom. The lowest BCUT2D eigenvalue weighted by Crippen LogP contribution is -2.25. The van der Waals surface area contributed by atoms with Gasteiger partial charge in [-0.05, 0) is 31.5 Å². The molecular formula is C13H16F2O2. The van der Waals surface area contributed by atoms with Crippen LogP contribution in [0.25, 0.3) is 0 Å². The maximum absolute atomic E-state index is 13.4. The van der Waals surface area contributed by atoms with Crippen LogP contribution in [0.15, 0.2) is 18.2 Å². The van der Waals surface area contributed by atoms with Crippen LogP contribution < -0.4 is 0 Å². The fourth-order valence-electron chi connectivity index (χ4n) is 1.61. The monoisotopic (exact) mass is 242 g/mol. The van der Waals surface area contributed by atoms with Crippen molar-refractivity contribution in [1.82, 2.24) is 0 Å². The van der Waals surface area contributed by atoms with E-state index in [1.165, 1.54) is 0 Å². The van der Waals surface area contributed by atoms with Crippen LogP contribution in [0, 0.1) is 11.6 Å². The third-order valence-corrected chi connectivity index (χ3v) is 2.41. The fraction of sp³-hybridized carbons (Fsp3) is 0.462. The third kappa shape index (κ3) is 3.60. The van der Waals surface area contributed by atoms with Gasteiger partial charge in [0.2, 0.25) is 0 Å². The number of hydrogen-bond acceptors (Lipinski definition) is 2. The number of carbonyl (C=O) groups excluding carboxylic acids is 1. The highest BCUT2D eigenvalue weighted by atomic mass is 19.1. The topological polar surface area (TPSA) is 26.3 Å². The molecule has 0 saturated carbocycles. The molecule has 0 N–H and O–H groups in total. The van der Waals surface area contributed by atoms with Crippen LogP contribution in [-0.4, -0.2) is 18.5 Å². The normalized spacial score (nSPS) is 12.5. The summed E-state index contributed by atoms with van der Waals surface area (Å²) in [6.45, 7) is 4.03. The van der Waals surface area contributed by atoms with Gasteiger partial charge < -0.3 is 4.74 Å². The molecule has 0 bridgehead atoms. The first-order valence-corrected chi connectivity index (χ1v) is 5.71. The molecule has 94 valence electrons. The van der Waals surface area contributed by atoms with E-state index in [0.29, 0.717) is 13.0 Å². The first-order chi connectivity index (χ1) is 8.10. The van der Waals surface area contributed by atoms with Crippen molar-refractivity contribution < 1.29 is 18.3 Å². The minimum atomic E-state index is -0.711. The summed E-state index contributed by atoms with van der Waals surface area (Å²) < 4.78 is 31.7. The van der Waals surface area contributed by atoms with E-state index in [2.05, 4.69) is 0 Å². The Hall–Kier alpha value is -1.29. The van der Waals surface area contributed by atoms with Crippen molar-refractivity contribution >= 4 is 5.78 Å². The second-order valence-corrected chi connectivity index (χ2v) is 3.72. The zero-order chi connectivity index (χ0) is 12.8. The number of halogens is 2. The van der Waals surface area contributed by atoms with Crippen molar-refractivity contribution in [3.63, 3.8) is 0 Å². The number of Topliss-reactive ketones (excluding diaryl/α,β-unsaturated/α-hetero) is 1. The molecule has 0 aliphatic rings. The summed E-state index contributed by atoms with van der Waals surface area (Å²) in [5.74, 6) is -1.83. The molecular weight excluding hydrogens is 226 g/mol. The van der Waals surface area contributed by atoms with Crippen molar-refractivity contribution in [3.05, 3.63) is 35.4 Å². The number of carbonyl (C=O) groups is 1. The number of hydrogen-bond donors (Lipinski definition) is 0. The van der Waals surface area contributed by atoms with Crippen molar-refractivity contribution in [1.29, 1.82) is 0 Å². The van der Waals surface area contributed by atoms with Crippen LogP contribution in [0.1, 0.15) is 37.0 Å². The van der Waals surface area contributed by atoms with Gasteiger partial charge in [-0.3, -0.25) is 4.79 Å². The predicted octanol–water partition coefficient (Wildman–Crippen LogP) is 3.35. The zero-order valence-electron chi connectivity index (χ0n) is 10.0. The lowest BCUT2D eigenvalue weighted by Gasteiger charge is -2.15. The molecule has 0 saturated heterocycles. The van der Waals surface area contributed by atoms with Gasteiger partial charge in [-0.15, -0.1) is 0 Å². The Labute approximate surface area is 99.6 Å². The first-order valence-electron chi connectivity index (χ1n) is 5.71. The summed E-state index contributed by atoms with van der Waals surface area (Å²) in [4.78, 5) is 12.0. The average Bonchev–Trinajstić information content (AvgIpc) is 2.31. The highest BCUT2D eigenvalue weighted by molar-refractivity contribution is 5.99. The Morgan fingerprint density at radius 3 is 2.65 bits per heavy atom. The van der Waals surface area contributed by atoms with Crippen LogP contribution in [0.4, 0.5) is 8.78 Å². The molecule has 1 rings (SSSR count). The molecule has 0 aromatic heterocycles. The number of ether oxygens (including phenoxy) is 1. The molecule has 0 aliphatic heterocycles. The SMILES string of the molecule is CCCC(OCC)C(=O)c1cc(F)ccc1F. The lowest BCUT2D eigenvalue weighted by molar-refractivity contribution is 0.0419. The van der Waals surface area contributed by atoms with Gasteiger partial charge in [-0.25, -0.2) is 8.78 Å². The van der Waals surface area contributed by atoms with Crippen LogP contribution in [0.5, 0.6) is 0 Å². The molecule has 0 spiro atoms. The molecule has 1 unspecified atom stereocenters. The maximum atomic E-state index is 13.4. The zero-order valence-corrected chi connectivity index (χ0v) is 10.0. The van der Waals surface area contributed by atoms with Gasteiger partial charge in [0.05, 0.1) is 5.56 Å². The van der Waals surface area contributed by atoms with E-state index in [4.69, 9.17) is 4.74 Å². The van der Waals surface area contributed by atoms with Crippen LogP contribution >= 0.6 is 0 Å². The molecule has 1 atom stereocenters. The van der Waals surface area contributed by atoms with Crippen molar-refractivity contribution in [2.24, 2.45) is 0 Å². The van der Waals surface area contributed by atoms with Crippen LogP contribution in [0.3, 0.4) is 0 Å². The average molecular weight is 242 g/mol. The third-order valence-electron chi connectivity index (χ3n) is 2.41. The van der Waals surface area contributed by atoms with Crippen LogP contribution in [-0.2, 0) is 4.74 Å². The smallest absolute Gasteiger partial charge is 0.194 e. The molecule has 2 nitrogen and oxygen atoms in total. The Kier molecular flexibility index (Phi) is 5.22. The predicted molar refractivity (Wildman–Crippen MR) is 61.0 cm³/mol. The Morgan fingerprint density at radius 1 is 1.35 bits per heavy atom. The molecule has 0 aliphatic carbocycles. The number of ketones is 1. The maximum Gasteiger partial charge on any atom is 0.194 e. The highest BCUT2D eigenvalue weighted by Gasteiger charge is 2.22. The molecule has 0 amide bonds. The Bertz CT molecular complexity index is 385. The number of rotatable bonds is 6. The molecule has 17 heavy (non-hydrogen) atoms. The Balaban J connectivity index is 2.95. The summed E-state index contributed by atoms with van der Waals surface area (Å²) in [6, 6.07) is 2.86. The van der Waals surface area contributed by atoms with E-state index >= 15 is 0 Å². The van der Waals surface area contributed by atoms with Gasteiger partial charge in [0.25, 0.3) is 0 Å².